The van der Waals surface area contributed by atoms with Crippen LogP contribution < -0.4 is 0 Å². The van der Waals surface area contributed by atoms with Crippen LogP contribution in [0.15, 0.2) is 0 Å². The quantitative estimate of drug-likeness (QED) is 0.560. The largest absolute Gasteiger partial charge is 0.469 e. The molecule has 0 aromatic rings. The lowest BCUT2D eigenvalue weighted by atomic mass is 9.80. The molecule has 0 saturated heterocycles. The highest BCUT2D eigenvalue weighted by Crippen LogP contribution is 2.45. The smallest absolute Gasteiger partial charge is 0.308 e. The van der Waals surface area contributed by atoms with Crippen LogP contribution in [0.5, 0.6) is 0 Å². The van der Waals surface area contributed by atoms with Crippen LogP contribution in [0.2, 0.25) is 0 Å². The number of esters is 1. The van der Waals surface area contributed by atoms with E-state index in [2.05, 4.69) is 0 Å². The van der Waals surface area contributed by atoms with Gasteiger partial charge in [0.1, 0.15) is 0 Å². The number of fused-ring (bicyclic) bond motifs is 2. The number of hydrogen-bond acceptors (Lipinski definition) is 2. The van der Waals surface area contributed by atoms with Gasteiger partial charge in [0, 0.05) is 0 Å². The Morgan fingerprint density at radius 1 is 1.25 bits per heavy atom. The molecule has 3 atom stereocenters. The van der Waals surface area contributed by atoms with E-state index < -0.39 is 0 Å². The van der Waals surface area contributed by atoms with Crippen molar-refractivity contribution in [3.8, 4) is 0 Å². The van der Waals surface area contributed by atoms with Crippen molar-refractivity contribution in [2.45, 2.75) is 32.1 Å². The Labute approximate surface area is 73.3 Å². The Balaban J connectivity index is 2.02. The van der Waals surface area contributed by atoms with Gasteiger partial charge in [-0.15, -0.1) is 0 Å². The highest BCUT2D eigenvalue weighted by Gasteiger charge is 2.39. The van der Waals surface area contributed by atoms with Crippen molar-refractivity contribution in [1.29, 1.82) is 0 Å². The summed E-state index contributed by atoms with van der Waals surface area (Å²) in [5.74, 6) is 1.83. The van der Waals surface area contributed by atoms with Gasteiger partial charge in [-0.2, -0.15) is 0 Å². The molecule has 2 fully saturated rings. The van der Waals surface area contributed by atoms with Crippen molar-refractivity contribution < 1.29 is 9.53 Å². The third kappa shape index (κ3) is 1.23. The number of rotatable bonds is 1. The molecule has 0 aliphatic heterocycles. The first kappa shape index (κ1) is 8.09. The minimum absolute atomic E-state index is 0.0281. The van der Waals surface area contributed by atoms with Gasteiger partial charge >= 0.3 is 5.97 Å². The van der Waals surface area contributed by atoms with Crippen molar-refractivity contribution in [3.63, 3.8) is 0 Å². The van der Waals surface area contributed by atoms with Gasteiger partial charge in [-0.3, -0.25) is 4.79 Å². The van der Waals surface area contributed by atoms with Crippen molar-refractivity contribution in [1.82, 2.24) is 0 Å². The number of methoxy groups -OCH3 is 1. The molecule has 2 aliphatic carbocycles. The maximum atomic E-state index is 11.3. The minimum Gasteiger partial charge on any atom is -0.469 e. The first-order chi connectivity index (χ1) is 5.81. The van der Waals surface area contributed by atoms with E-state index in [1.54, 1.807) is 0 Å². The van der Waals surface area contributed by atoms with Gasteiger partial charge in [-0.25, -0.2) is 0 Å². The van der Waals surface area contributed by atoms with Gasteiger partial charge < -0.3 is 4.74 Å². The van der Waals surface area contributed by atoms with E-state index in [-0.39, 0.29) is 11.9 Å². The van der Waals surface area contributed by atoms with E-state index in [9.17, 15) is 4.79 Å². The summed E-state index contributed by atoms with van der Waals surface area (Å²) in [6.45, 7) is 0. The SMILES string of the molecule is COC(=O)C1CCC2CCC1C2. The molecule has 0 amide bonds. The van der Waals surface area contributed by atoms with E-state index in [4.69, 9.17) is 4.74 Å². The average Bonchev–Trinajstić information content (AvgIpc) is 2.47. The van der Waals surface area contributed by atoms with Crippen LogP contribution in [0.25, 0.3) is 0 Å². The Kier molecular flexibility index (Phi) is 2.07. The summed E-state index contributed by atoms with van der Waals surface area (Å²) in [6, 6.07) is 0. The molecule has 0 aromatic heterocycles. The molecule has 2 aliphatic rings. The zero-order valence-electron chi connectivity index (χ0n) is 7.58. The van der Waals surface area contributed by atoms with E-state index in [0.29, 0.717) is 5.92 Å². The highest BCUT2D eigenvalue weighted by molar-refractivity contribution is 5.72. The van der Waals surface area contributed by atoms with Crippen LogP contribution in [0.1, 0.15) is 32.1 Å². The fraction of sp³-hybridized carbons (Fsp3) is 0.900. The van der Waals surface area contributed by atoms with Gasteiger partial charge in [-0.1, -0.05) is 6.42 Å². The molecule has 2 heteroatoms. The van der Waals surface area contributed by atoms with Crippen LogP contribution in [-0.4, -0.2) is 13.1 Å². The number of carbonyl (C=O) groups excluding carboxylic acids is 1. The summed E-state index contributed by atoms with van der Waals surface area (Å²) in [5.41, 5.74) is 0. The first-order valence-corrected chi connectivity index (χ1v) is 4.89. The molecule has 0 radical (unpaired) electrons. The lowest BCUT2D eigenvalue weighted by molar-refractivity contribution is -0.148. The zero-order chi connectivity index (χ0) is 8.55. The molecule has 2 nitrogen and oxygen atoms in total. The predicted molar refractivity (Wildman–Crippen MR) is 45.6 cm³/mol. The van der Waals surface area contributed by atoms with Crippen molar-refractivity contribution in [2.24, 2.45) is 17.8 Å². The highest BCUT2D eigenvalue weighted by atomic mass is 16.5. The summed E-state index contributed by atoms with van der Waals surface area (Å²) in [7, 11) is 1.50. The number of carbonyl (C=O) groups is 1. The topological polar surface area (TPSA) is 26.3 Å². The van der Waals surface area contributed by atoms with Gasteiger partial charge in [0.2, 0.25) is 0 Å². The van der Waals surface area contributed by atoms with E-state index in [1.165, 1.54) is 32.8 Å². The normalized spacial score (nSPS) is 39.6. The fourth-order valence-corrected chi connectivity index (χ4v) is 2.85. The molecule has 3 unspecified atom stereocenters. The van der Waals surface area contributed by atoms with Gasteiger partial charge in [0.15, 0.2) is 0 Å². The minimum atomic E-state index is 0.0281. The fourth-order valence-electron chi connectivity index (χ4n) is 2.85. The van der Waals surface area contributed by atoms with E-state index in [0.717, 1.165) is 12.3 Å². The molecule has 2 saturated carbocycles. The number of ether oxygens (including phenoxy) is 1. The van der Waals surface area contributed by atoms with Gasteiger partial charge in [-0.05, 0) is 37.5 Å². The molecule has 2 rings (SSSR count). The second-order valence-corrected chi connectivity index (χ2v) is 4.15. The van der Waals surface area contributed by atoms with E-state index in [1.807, 2.05) is 0 Å². The summed E-state index contributed by atoms with van der Waals surface area (Å²) in [5, 5.41) is 0. The Bertz CT molecular complexity index is 188. The molecule has 0 N–H and O–H groups in total. The van der Waals surface area contributed by atoms with Crippen LogP contribution >= 0.6 is 0 Å². The second-order valence-electron chi connectivity index (χ2n) is 4.15. The monoisotopic (exact) mass is 168 g/mol. The molecular formula is C10H16O2. The lowest BCUT2D eigenvalue weighted by Crippen LogP contribution is -2.26. The standard InChI is InChI=1S/C10H16O2/c1-12-10(11)9-5-3-7-2-4-8(9)6-7/h7-9H,2-6H2,1H3. The zero-order valence-corrected chi connectivity index (χ0v) is 7.58. The van der Waals surface area contributed by atoms with Crippen LogP contribution in [-0.2, 0) is 9.53 Å². The van der Waals surface area contributed by atoms with Crippen LogP contribution in [0, 0.1) is 17.8 Å². The molecule has 12 heavy (non-hydrogen) atoms. The van der Waals surface area contributed by atoms with E-state index >= 15 is 0 Å². The van der Waals surface area contributed by atoms with Gasteiger partial charge in [0.25, 0.3) is 0 Å². The third-order valence-electron chi connectivity index (χ3n) is 3.54. The molecule has 0 spiro atoms. The third-order valence-corrected chi connectivity index (χ3v) is 3.54. The van der Waals surface area contributed by atoms with Crippen molar-refractivity contribution in [3.05, 3.63) is 0 Å². The Morgan fingerprint density at radius 3 is 2.75 bits per heavy atom. The predicted octanol–water partition coefficient (Wildman–Crippen LogP) is 1.99. The maximum absolute atomic E-state index is 11.3. The Hall–Kier alpha value is -0.530. The van der Waals surface area contributed by atoms with Crippen LogP contribution in [0.4, 0.5) is 0 Å². The molecule has 68 valence electrons. The Morgan fingerprint density at radius 2 is 2.00 bits per heavy atom. The molecular weight excluding hydrogens is 152 g/mol. The average molecular weight is 168 g/mol. The summed E-state index contributed by atoms with van der Waals surface area (Å²) < 4.78 is 4.80. The number of hydrogen-bond donors (Lipinski definition) is 0. The summed E-state index contributed by atoms with van der Waals surface area (Å²) in [6.07, 6.45) is 6.20. The van der Waals surface area contributed by atoms with Crippen molar-refractivity contribution >= 4 is 5.97 Å². The second kappa shape index (κ2) is 3.08. The van der Waals surface area contributed by atoms with Crippen molar-refractivity contribution in [2.75, 3.05) is 7.11 Å². The maximum Gasteiger partial charge on any atom is 0.308 e. The van der Waals surface area contributed by atoms with Gasteiger partial charge in [0.05, 0.1) is 13.0 Å². The lowest BCUT2D eigenvalue weighted by Gasteiger charge is -2.26. The summed E-state index contributed by atoms with van der Waals surface area (Å²) in [4.78, 5) is 11.3. The molecule has 2 bridgehead atoms. The molecule has 0 heterocycles. The summed E-state index contributed by atoms with van der Waals surface area (Å²) >= 11 is 0. The molecule has 0 aromatic carbocycles. The van der Waals surface area contributed by atoms with Crippen LogP contribution in [0.3, 0.4) is 0 Å². The first-order valence-electron chi connectivity index (χ1n) is 4.89.